The van der Waals surface area contributed by atoms with Gasteiger partial charge in [-0.2, -0.15) is 14.9 Å². The highest BCUT2D eigenvalue weighted by Gasteiger charge is 2.05. The Kier molecular flexibility index (Phi) is 1.33. The standard InChI is InChI=1S/C7H5N5O/c8-2-4-3-10-12-5(9)1-6(13)11-7(4)12/h1,3H,9H2,(H,11,13). The molecule has 0 atom stereocenters. The van der Waals surface area contributed by atoms with Gasteiger partial charge in [-0.15, -0.1) is 0 Å². The van der Waals surface area contributed by atoms with Gasteiger partial charge in [0.15, 0.2) is 5.65 Å². The number of H-pyrrole nitrogens is 1. The highest BCUT2D eigenvalue weighted by atomic mass is 16.1. The molecule has 2 aromatic rings. The van der Waals surface area contributed by atoms with E-state index in [1.165, 1.54) is 16.8 Å². The molecule has 0 amide bonds. The van der Waals surface area contributed by atoms with Crippen LogP contribution in [0.3, 0.4) is 0 Å². The molecular formula is C7H5N5O. The predicted molar refractivity (Wildman–Crippen MR) is 44.9 cm³/mol. The number of aromatic nitrogens is 3. The summed E-state index contributed by atoms with van der Waals surface area (Å²) in [5, 5.41) is 12.5. The second-order valence-corrected chi connectivity index (χ2v) is 2.49. The molecule has 0 radical (unpaired) electrons. The van der Waals surface area contributed by atoms with Gasteiger partial charge in [0.2, 0.25) is 0 Å². The molecule has 0 aliphatic carbocycles. The minimum Gasteiger partial charge on any atom is -0.383 e. The van der Waals surface area contributed by atoms with E-state index in [1.807, 2.05) is 6.07 Å². The molecule has 6 heteroatoms. The Labute approximate surface area is 72.2 Å². The zero-order valence-electron chi connectivity index (χ0n) is 6.48. The van der Waals surface area contributed by atoms with Crippen LogP contribution in [0.2, 0.25) is 0 Å². The molecule has 13 heavy (non-hydrogen) atoms. The first kappa shape index (κ1) is 7.36. The molecule has 0 aliphatic heterocycles. The number of nitrogens with zero attached hydrogens (tertiary/aromatic N) is 3. The summed E-state index contributed by atoms with van der Waals surface area (Å²) in [5.41, 5.74) is 5.77. The number of nitrogen functional groups attached to an aromatic ring is 1. The van der Waals surface area contributed by atoms with Crippen LogP contribution in [0, 0.1) is 11.3 Å². The zero-order chi connectivity index (χ0) is 9.42. The first-order chi connectivity index (χ1) is 6.22. The fourth-order valence-corrected chi connectivity index (χ4v) is 1.09. The van der Waals surface area contributed by atoms with Crippen LogP contribution >= 0.6 is 0 Å². The van der Waals surface area contributed by atoms with E-state index < -0.39 is 0 Å². The number of aromatic amines is 1. The molecule has 6 nitrogen and oxygen atoms in total. The number of nitrogens with two attached hydrogens (primary N) is 1. The van der Waals surface area contributed by atoms with Crippen molar-refractivity contribution >= 4 is 11.5 Å². The van der Waals surface area contributed by atoms with Gasteiger partial charge >= 0.3 is 0 Å². The lowest BCUT2D eigenvalue weighted by Gasteiger charge is -1.96. The number of fused-ring (bicyclic) bond motifs is 1. The van der Waals surface area contributed by atoms with Crippen molar-refractivity contribution in [2.75, 3.05) is 5.73 Å². The molecule has 0 saturated heterocycles. The van der Waals surface area contributed by atoms with Crippen LogP contribution in [0.15, 0.2) is 17.1 Å². The Morgan fingerprint density at radius 1 is 1.69 bits per heavy atom. The molecule has 0 bridgehead atoms. The summed E-state index contributed by atoms with van der Waals surface area (Å²) >= 11 is 0. The molecule has 0 aliphatic rings. The molecule has 3 N–H and O–H groups in total. The van der Waals surface area contributed by atoms with Gasteiger partial charge in [-0.1, -0.05) is 0 Å². The third-order valence-electron chi connectivity index (χ3n) is 1.65. The minimum absolute atomic E-state index is 0.209. The number of nitrogens with one attached hydrogen (secondary N) is 1. The van der Waals surface area contributed by atoms with Crippen LogP contribution in [0.5, 0.6) is 0 Å². The largest absolute Gasteiger partial charge is 0.383 e. The molecule has 64 valence electrons. The summed E-state index contributed by atoms with van der Waals surface area (Å²) in [6, 6.07) is 3.10. The van der Waals surface area contributed by atoms with E-state index in [0.717, 1.165) is 0 Å². The summed E-state index contributed by atoms with van der Waals surface area (Å²) in [5.74, 6) is 0.209. The smallest absolute Gasteiger partial charge is 0.253 e. The van der Waals surface area contributed by atoms with E-state index in [1.54, 1.807) is 0 Å². The van der Waals surface area contributed by atoms with E-state index >= 15 is 0 Å². The van der Waals surface area contributed by atoms with Gasteiger partial charge in [-0.3, -0.25) is 4.79 Å². The lowest BCUT2D eigenvalue weighted by molar-refractivity contribution is 0.944. The van der Waals surface area contributed by atoms with Gasteiger partial charge in [-0.05, 0) is 0 Å². The number of nitriles is 1. The van der Waals surface area contributed by atoms with Crippen molar-refractivity contribution in [1.29, 1.82) is 5.26 Å². The third-order valence-corrected chi connectivity index (χ3v) is 1.65. The van der Waals surface area contributed by atoms with Gasteiger partial charge in [0.25, 0.3) is 5.56 Å². The molecule has 0 aromatic carbocycles. The molecular weight excluding hydrogens is 170 g/mol. The Balaban J connectivity index is 3.00. The Morgan fingerprint density at radius 2 is 2.46 bits per heavy atom. The number of anilines is 1. The van der Waals surface area contributed by atoms with E-state index in [2.05, 4.69) is 10.1 Å². The van der Waals surface area contributed by atoms with Crippen LogP contribution < -0.4 is 11.3 Å². The Hall–Kier alpha value is -2.29. The van der Waals surface area contributed by atoms with Crippen molar-refractivity contribution in [3.05, 3.63) is 28.2 Å². The van der Waals surface area contributed by atoms with E-state index in [4.69, 9.17) is 11.0 Å². The quantitative estimate of drug-likeness (QED) is 0.562. The summed E-state index contributed by atoms with van der Waals surface area (Å²) in [4.78, 5) is 13.5. The first-order valence-electron chi connectivity index (χ1n) is 3.49. The number of hydrogen-bond donors (Lipinski definition) is 2. The SMILES string of the molecule is N#Cc1cnn2c(N)cc(=O)[nH]c12. The second kappa shape index (κ2) is 2.35. The average molecular weight is 175 g/mol. The highest BCUT2D eigenvalue weighted by Crippen LogP contribution is 2.07. The third kappa shape index (κ3) is 0.945. The highest BCUT2D eigenvalue weighted by molar-refractivity contribution is 5.56. The van der Waals surface area contributed by atoms with E-state index in [-0.39, 0.29) is 11.4 Å². The van der Waals surface area contributed by atoms with Gasteiger partial charge in [0.05, 0.1) is 6.20 Å². The van der Waals surface area contributed by atoms with Crippen molar-refractivity contribution in [1.82, 2.24) is 14.6 Å². The lowest BCUT2D eigenvalue weighted by Crippen LogP contribution is -2.11. The van der Waals surface area contributed by atoms with Gasteiger partial charge < -0.3 is 10.7 Å². The van der Waals surface area contributed by atoms with Crippen molar-refractivity contribution in [3.8, 4) is 6.07 Å². The molecule has 0 spiro atoms. The maximum absolute atomic E-state index is 11.0. The monoisotopic (exact) mass is 175 g/mol. The van der Waals surface area contributed by atoms with E-state index in [9.17, 15) is 4.79 Å². The minimum atomic E-state index is -0.345. The van der Waals surface area contributed by atoms with Crippen LogP contribution in [0.1, 0.15) is 5.56 Å². The average Bonchev–Trinajstić information content (AvgIpc) is 2.47. The second-order valence-electron chi connectivity index (χ2n) is 2.49. The van der Waals surface area contributed by atoms with Crippen molar-refractivity contribution in [2.24, 2.45) is 0 Å². The topological polar surface area (TPSA) is 100.0 Å². The fraction of sp³-hybridized carbons (Fsp3) is 0. The summed E-state index contributed by atoms with van der Waals surface area (Å²) in [6.45, 7) is 0. The predicted octanol–water partition coefficient (Wildman–Crippen LogP) is -0.524. The van der Waals surface area contributed by atoms with Crippen LogP contribution in [-0.2, 0) is 0 Å². The summed E-state index contributed by atoms with van der Waals surface area (Å²) in [6.07, 6.45) is 1.35. The summed E-state index contributed by atoms with van der Waals surface area (Å²) in [7, 11) is 0. The molecule has 2 heterocycles. The Bertz CT molecular complexity index is 558. The van der Waals surface area contributed by atoms with Gasteiger partial charge in [0.1, 0.15) is 17.5 Å². The molecule has 0 fully saturated rings. The summed E-state index contributed by atoms with van der Waals surface area (Å²) < 4.78 is 1.31. The number of rotatable bonds is 0. The van der Waals surface area contributed by atoms with E-state index in [0.29, 0.717) is 11.2 Å². The van der Waals surface area contributed by atoms with Crippen LogP contribution in [0.4, 0.5) is 5.82 Å². The van der Waals surface area contributed by atoms with Crippen molar-refractivity contribution < 1.29 is 0 Å². The Morgan fingerprint density at radius 3 is 3.15 bits per heavy atom. The molecule has 2 aromatic heterocycles. The van der Waals surface area contributed by atoms with Gasteiger partial charge in [-0.25, -0.2) is 0 Å². The van der Waals surface area contributed by atoms with Crippen LogP contribution in [-0.4, -0.2) is 14.6 Å². The molecule has 0 unspecified atom stereocenters. The maximum Gasteiger partial charge on any atom is 0.253 e. The van der Waals surface area contributed by atoms with Crippen molar-refractivity contribution in [3.63, 3.8) is 0 Å². The van der Waals surface area contributed by atoms with Crippen molar-refractivity contribution in [2.45, 2.75) is 0 Å². The maximum atomic E-state index is 11.0. The first-order valence-corrected chi connectivity index (χ1v) is 3.49. The fourth-order valence-electron chi connectivity index (χ4n) is 1.09. The molecule has 0 saturated carbocycles. The molecule has 2 rings (SSSR count). The normalized spacial score (nSPS) is 10.1. The van der Waals surface area contributed by atoms with Crippen LogP contribution in [0.25, 0.3) is 5.65 Å². The number of hydrogen-bond acceptors (Lipinski definition) is 4. The van der Waals surface area contributed by atoms with Gasteiger partial charge in [0, 0.05) is 6.07 Å². The lowest BCUT2D eigenvalue weighted by atomic mass is 10.4. The zero-order valence-corrected chi connectivity index (χ0v) is 6.48.